The molecule has 33 heavy (non-hydrogen) atoms. The smallest absolute Gasteiger partial charge is 0.253 e. The monoisotopic (exact) mass is 458 g/mol. The summed E-state index contributed by atoms with van der Waals surface area (Å²) in [5, 5.41) is 7.77. The van der Waals surface area contributed by atoms with E-state index in [1.54, 1.807) is 36.2 Å². The van der Waals surface area contributed by atoms with E-state index < -0.39 is 0 Å². The van der Waals surface area contributed by atoms with Crippen LogP contribution in [-0.2, 0) is 11.3 Å². The molecule has 3 aromatic carbocycles. The molecule has 7 heteroatoms. The molecule has 0 aliphatic carbocycles. The van der Waals surface area contributed by atoms with Crippen LogP contribution in [0.5, 0.6) is 0 Å². The second-order valence-electron chi connectivity index (χ2n) is 7.56. The zero-order valence-electron chi connectivity index (χ0n) is 18.1. The molecule has 1 heterocycles. The maximum atomic E-state index is 12.7. The molecule has 0 aliphatic rings. The Morgan fingerprint density at radius 2 is 1.58 bits per heavy atom. The number of carbonyl (C=O) groups is 2. The highest BCUT2D eigenvalue weighted by Gasteiger charge is 2.18. The summed E-state index contributed by atoms with van der Waals surface area (Å²) in [4.78, 5) is 26.7. The van der Waals surface area contributed by atoms with Gasteiger partial charge in [0.15, 0.2) is 0 Å². The van der Waals surface area contributed by atoms with Gasteiger partial charge in [-0.05, 0) is 24.3 Å². The summed E-state index contributed by atoms with van der Waals surface area (Å²) in [5.41, 5.74) is 3.94. The highest BCUT2D eigenvalue weighted by Crippen LogP contribution is 2.24. The highest BCUT2D eigenvalue weighted by atomic mass is 35.5. The second-order valence-corrected chi connectivity index (χ2v) is 7.97. The Hall–Kier alpha value is -3.90. The van der Waals surface area contributed by atoms with Crippen LogP contribution in [0.15, 0.2) is 91.1 Å². The van der Waals surface area contributed by atoms with Crippen LogP contribution in [0.1, 0.15) is 15.9 Å². The number of hydrogen-bond acceptors (Lipinski definition) is 3. The third kappa shape index (κ3) is 5.30. The Morgan fingerprint density at radius 3 is 2.27 bits per heavy atom. The predicted octanol–water partition coefficient (Wildman–Crippen LogP) is 4.58. The van der Waals surface area contributed by atoms with Gasteiger partial charge >= 0.3 is 0 Å². The molecule has 4 rings (SSSR count). The maximum absolute atomic E-state index is 12.7. The van der Waals surface area contributed by atoms with Gasteiger partial charge in [-0.1, -0.05) is 72.3 Å². The van der Waals surface area contributed by atoms with Crippen molar-refractivity contribution in [1.29, 1.82) is 0 Å². The van der Waals surface area contributed by atoms with E-state index in [0.29, 0.717) is 17.1 Å². The van der Waals surface area contributed by atoms with Crippen LogP contribution in [0.2, 0.25) is 5.02 Å². The minimum Gasteiger partial charge on any atom is -0.343 e. The molecule has 0 atom stereocenters. The van der Waals surface area contributed by atoms with Crippen LogP contribution in [0.3, 0.4) is 0 Å². The van der Waals surface area contributed by atoms with Gasteiger partial charge in [-0.2, -0.15) is 5.10 Å². The minimum atomic E-state index is -0.385. The molecule has 166 valence electrons. The van der Waals surface area contributed by atoms with Crippen molar-refractivity contribution in [3.05, 3.63) is 107 Å². The van der Waals surface area contributed by atoms with Crippen molar-refractivity contribution in [3.63, 3.8) is 0 Å². The largest absolute Gasteiger partial charge is 0.343 e. The molecule has 0 spiro atoms. The second kappa shape index (κ2) is 10.1. The zero-order chi connectivity index (χ0) is 23.2. The Labute approximate surface area is 197 Å². The molecule has 0 unspecified atom stereocenters. The van der Waals surface area contributed by atoms with E-state index in [2.05, 4.69) is 5.32 Å². The molecule has 2 amide bonds. The van der Waals surface area contributed by atoms with E-state index >= 15 is 0 Å². The number of amides is 2. The van der Waals surface area contributed by atoms with E-state index in [-0.39, 0.29) is 18.4 Å². The normalized spacial score (nSPS) is 10.6. The van der Waals surface area contributed by atoms with Crippen LogP contribution in [0.25, 0.3) is 16.9 Å². The predicted molar refractivity (Wildman–Crippen MR) is 129 cm³/mol. The first-order chi connectivity index (χ1) is 16.0. The molecule has 1 aromatic heterocycles. The lowest BCUT2D eigenvalue weighted by Gasteiger charge is -2.17. The summed E-state index contributed by atoms with van der Waals surface area (Å²) in [5.74, 6) is -0.605. The van der Waals surface area contributed by atoms with Crippen molar-refractivity contribution in [2.75, 3.05) is 13.6 Å². The van der Waals surface area contributed by atoms with E-state index in [4.69, 9.17) is 16.7 Å². The number of rotatable bonds is 7. The number of aromatic nitrogens is 2. The van der Waals surface area contributed by atoms with Crippen molar-refractivity contribution in [2.24, 2.45) is 0 Å². The summed E-state index contributed by atoms with van der Waals surface area (Å²) in [7, 11) is 1.71. The van der Waals surface area contributed by atoms with Gasteiger partial charge in [0.25, 0.3) is 5.91 Å². The number of halogens is 1. The van der Waals surface area contributed by atoms with Crippen molar-refractivity contribution in [2.45, 2.75) is 6.54 Å². The number of para-hydroxylation sites is 1. The summed E-state index contributed by atoms with van der Waals surface area (Å²) in [6, 6.07) is 26.4. The molecular formula is C26H23ClN4O2. The van der Waals surface area contributed by atoms with Crippen molar-refractivity contribution in [1.82, 2.24) is 20.0 Å². The Bertz CT molecular complexity index is 1260. The average molecular weight is 459 g/mol. The molecule has 4 aromatic rings. The lowest BCUT2D eigenvalue weighted by Crippen LogP contribution is -2.37. The van der Waals surface area contributed by atoms with Gasteiger partial charge in [-0.25, -0.2) is 4.68 Å². The quantitative estimate of drug-likeness (QED) is 0.440. The van der Waals surface area contributed by atoms with Crippen molar-refractivity contribution < 1.29 is 9.59 Å². The standard InChI is InChI=1S/C26H23ClN4O2/c1-30(24(32)16-28-26(33)22-14-8-9-15-23(22)27)17-20-18-31(21-12-6-3-7-13-21)29-25(20)19-10-4-2-5-11-19/h2-15,18H,16-17H2,1H3,(H,28,33). The number of carbonyl (C=O) groups excluding carboxylic acids is 2. The number of benzene rings is 3. The third-order valence-electron chi connectivity index (χ3n) is 5.21. The Morgan fingerprint density at radius 1 is 0.939 bits per heavy atom. The van der Waals surface area contributed by atoms with E-state index in [0.717, 1.165) is 22.5 Å². The Kier molecular flexibility index (Phi) is 6.86. The first kappa shape index (κ1) is 22.3. The third-order valence-corrected chi connectivity index (χ3v) is 5.54. The minimum absolute atomic E-state index is 0.131. The van der Waals surface area contributed by atoms with Gasteiger partial charge in [0.2, 0.25) is 5.91 Å². The fourth-order valence-corrected chi connectivity index (χ4v) is 3.67. The molecular weight excluding hydrogens is 436 g/mol. The fraction of sp³-hybridized carbons (Fsp3) is 0.115. The number of nitrogens with one attached hydrogen (secondary N) is 1. The first-order valence-corrected chi connectivity index (χ1v) is 10.9. The van der Waals surface area contributed by atoms with Crippen molar-refractivity contribution in [3.8, 4) is 16.9 Å². The van der Waals surface area contributed by atoms with Gasteiger partial charge in [0, 0.05) is 30.9 Å². The SMILES string of the molecule is CN(Cc1cn(-c2ccccc2)nc1-c1ccccc1)C(=O)CNC(=O)c1ccccc1Cl. The van der Waals surface area contributed by atoms with Gasteiger partial charge in [-0.15, -0.1) is 0 Å². The molecule has 0 bridgehead atoms. The van der Waals surface area contributed by atoms with Gasteiger partial charge in [0.1, 0.15) is 0 Å². The lowest BCUT2D eigenvalue weighted by atomic mass is 10.1. The van der Waals surface area contributed by atoms with Gasteiger partial charge in [0.05, 0.1) is 28.5 Å². The molecule has 0 aliphatic heterocycles. The van der Waals surface area contributed by atoms with E-state index in [9.17, 15) is 9.59 Å². The first-order valence-electron chi connectivity index (χ1n) is 10.5. The summed E-state index contributed by atoms with van der Waals surface area (Å²) < 4.78 is 1.81. The van der Waals surface area contributed by atoms with Gasteiger partial charge in [-0.3, -0.25) is 9.59 Å². The number of hydrogen-bond donors (Lipinski definition) is 1. The molecule has 0 fully saturated rings. The topological polar surface area (TPSA) is 67.2 Å². The maximum Gasteiger partial charge on any atom is 0.253 e. The van der Waals surface area contributed by atoms with Gasteiger partial charge < -0.3 is 10.2 Å². The lowest BCUT2D eigenvalue weighted by molar-refractivity contribution is -0.129. The number of nitrogens with zero attached hydrogens (tertiary/aromatic N) is 3. The summed E-state index contributed by atoms with van der Waals surface area (Å²) in [6.45, 7) is 0.214. The summed E-state index contributed by atoms with van der Waals surface area (Å²) >= 11 is 6.07. The van der Waals surface area contributed by atoms with Crippen molar-refractivity contribution >= 4 is 23.4 Å². The molecule has 0 saturated carbocycles. The summed E-state index contributed by atoms with van der Waals surface area (Å²) in [6.07, 6.45) is 1.93. The van der Waals surface area contributed by atoms with E-state index in [1.165, 1.54) is 0 Å². The molecule has 0 saturated heterocycles. The van der Waals surface area contributed by atoms with Crippen LogP contribution in [0.4, 0.5) is 0 Å². The number of likely N-dealkylation sites (N-methyl/N-ethyl adjacent to an activating group) is 1. The zero-order valence-corrected chi connectivity index (χ0v) is 18.9. The van der Waals surface area contributed by atoms with E-state index in [1.807, 2.05) is 71.5 Å². The van der Waals surface area contributed by atoms with Crippen LogP contribution in [0, 0.1) is 0 Å². The molecule has 1 N–H and O–H groups in total. The van der Waals surface area contributed by atoms with Crippen LogP contribution in [-0.4, -0.2) is 40.1 Å². The van der Waals surface area contributed by atoms with Crippen LogP contribution < -0.4 is 5.32 Å². The Balaban J connectivity index is 1.50. The fourth-order valence-electron chi connectivity index (χ4n) is 3.45. The van der Waals surface area contributed by atoms with Crippen LogP contribution >= 0.6 is 11.6 Å². The highest BCUT2D eigenvalue weighted by molar-refractivity contribution is 6.33. The average Bonchev–Trinajstić information content (AvgIpc) is 3.27. The molecule has 0 radical (unpaired) electrons. The molecule has 6 nitrogen and oxygen atoms in total.